The van der Waals surface area contributed by atoms with Crippen LogP contribution in [-0.2, 0) is 9.84 Å². The summed E-state index contributed by atoms with van der Waals surface area (Å²) in [7, 11) is 1.19. The summed E-state index contributed by atoms with van der Waals surface area (Å²) < 4.78 is 22.7. The Morgan fingerprint density at radius 2 is 2.10 bits per heavy atom. The van der Waals surface area contributed by atoms with Crippen molar-refractivity contribution in [2.45, 2.75) is 18.9 Å². The topological polar surface area (TPSA) is 40.6 Å². The Hall–Kier alpha value is -1.07. The van der Waals surface area contributed by atoms with Gasteiger partial charge in [0.15, 0.2) is 0 Å². The Labute approximate surface area is 122 Å². The summed E-state index contributed by atoms with van der Waals surface area (Å²) >= 11 is 0. The number of likely N-dealkylation sites (tertiary alicyclic amines) is 1. The Kier molecular flexibility index (Phi) is 4.70. The first kappa shape index (κ1) is 15.3. The molecule has 0 N–H and O–H groups in total. The zero-order chi connectivity index (χ0) is 14.8. The lowest BCUT2D eigenvalue weighted by Gasteiger charge is -2.25. The predicted octanol–water partition coefficient (Wildman–Crippen LogP) is 1.93. The van der Waals surface area contributed by atoms with Gasteiger partial charge in [-0.3, -0.25) is 4.90 Å². The van der Waals surface area contributed by atoms with Gasteiger partial charge in [-0.15, -0.1) is 0 Å². The van der Waals surface area contributed by atoms with E-state index in [0.29, 0.717) is 12.6 Å². The van der Waals surface area contributed by atoms with Crippen LogP contribution in [0.1, 0.15) is 24.4 Å². The minimum absolute atomic E-state index is 0.247. The minimum Gasteiger partial charge on any atom is -0.378 e. The van der Waals surface area contributed by atoms with Crippen LogP contribution in [0.2, 0.25) is 0 Å². The molecule has 1 fully saturated rings. The summed E-state index contributed by atoms with van der Waals surface area (Å²) in [5, 5.41) is 0. The van der Waals surface area contributed by atoms with Crippen molar-refractivity contribution in [2.75, 3.05) is 44.1 Å². The van der Waals surface area contributed by atoms with Gasteiger partial charge in [0.2, 0.25) is 0 Å². The van der Waals surface area contributed by atoms with Gasteiger partial charge in [-0.1, -0.05) is 12.1 Å². The molecule has 1 aliphatic rings. The number of hydrogen-bond acceptors (Lipinski definition) is 4. The molecule has 1 aromatic rings. The van der Waals surface area contributed by atoms with Gasteiger partial charge in [0.25, 0.3) is 0 Å². The second-order valence-corrected chi connectivity index (χ2v) is 8.07. The third-order valence-corrected chi connectivity index (χ3v) is 4.81. The third kappa shape index (κ3) is 3.96. The normalized spacial score (nSPS) is 20.2. The Balaban J connectivity index is 2.12. The summed E-state index contributed by atoms with van der Waals surface area (Å²) in [5.74, 6) is 0.247. The zero-order valence-electron chi connectivity index (χ0n) is 12.5. The van der Waals surface area contributed by atoms with Crippen LogP contribution in [0.4, 0.5) is 5.69 Å². The van der Waals surface area contributed by atoms with E-state index in [-0.39, 0.29) is 5.75 Å². The van der Waals surface area contributed by atoms with Crippen LogP contribution in [-0.4, -0.2) is 52.5 Å². The lowest BCUT2D eigenvalue weighted by atomic mass is 10.0. The van der Waals surface area contributed by atoms with E-state index in [1.807, 2.05) is 14.1 Å². The van der Waals surface area contributed by atoms with Crippen LogP contribution in [0.5, 0.6) is 0 Å². The Morgan fingerprint density at radius 1 is 1.35 bits per heavy atom. The maximum atomic E-state index is 11.3. The van der Waals surface area contributed by atoms with Gasteiger partial charge >= 0.3 is 0 Å². The summed E-state index contributed by atoms with van der Waals surface area (Å²) in [5.41, 5.74) is 2.49. The largest absolute Gasteiger partial charge is 0.378 e. The second-order valence-electron chi connectivity index (χ2n) is 5.81. The van der Waals surface area contributed by atoms with Crippen LogP contribution in [0.25, 0.3) is 0 Å². The molecule has 2 rings (SSSR count). The third-order valence-electron chi connectivity index (χ3n) is 3.88. The molecule has 1 saturated heterocycles. The Bertz CT molecular complexity index is 555. The highest BCUT2D eigenvalue weighted by atomic mass is 32.2. The van der Waals surface area contributed by atoms with E-state index in [1.54, 1.807) is 0 Å². The summed E-state index contributed by atoms with van der Waals surface area (Å²) in [6.07, 6.45) is 3.56. The molecule has 1 atom stereocenters. The summed E-state index contributed by atoms with van der Waals surface area (Å²) in [6, 6.07) is 8.90. The molecule has 1 unspecified atom stereocenters. The molecule has 1 heterocycles. The number of rotatable bonds is 5. The quantitative estimate of drug-likeness (QED) is 0.832. The van der Waals surface area contributed by atoms with E-state index in [2.05, 4.69) is 34.1 Å². The van der Waals surface area contributed by atoms with Crippen molar-refractivity contribution in [1.82, 2.24) is 4.90 Å². The van der Waals surface area contributed by atoms with Crippen molar-refractivity contribution in [3.63, 3.8) is 0 Å². The van der Waals surface area contributed by atoms with Gasteiger partial charge in [0.05, 0.1) is 5.75 Å². The lowest BCUT2D eigenvalue weighted by Crippen LogP contribution is -2.29. The molecule has 1 aromatic carbocycles. The van der Waals surface area contributed by atoms with Gasteiger partial charge in [0.1, 0.15) is 9.84 Å². The fourth-order valence-corrected chi connectivity index (χ4v) is 3.33. The van der Waals surface area contributed by atoms with E-state index in [9.17, 15) is 8.42 Å². The van der Waals surface area contributed by atoms with Gasteiger partial charge in [-0.2, -0.15) is 0 Å². The van der Waals surface area contributed by atoms with E-state index in [4.69, 9.17) is 0 Å². The minimum atomic E-state index is -2.89. The first-order chi connectivity index (χ1) is 9.37. The number of hydrogen-bond donors (Lipinski definition) is 0. The molecule has 0 aromatic heterocycles. The molecule has 0 amide bonds. The van der Waals surface area contributed by atoms with Crippen molar-refractivity contribution in [3.05, 3.63) is 29.8 Å². The molecule has 0 bridgehead atoms. The fraction of sp³-hybridized carbons (Fsp3) is 0.600. The van der Waals surface area contributed by atoms with Crippen molar-refractivity contribution in [3.8, 4) is 0 Å². The maximum absolute atomic E-state index is 11.3. The predicted molar refractivity (Wildman–Crippen MR) is 84.0 cm³/mol. The van der Waals surface area contributed by atoms with Crippen LogP contribution in [0.3, 0.4) is 0 Å². The smallest absolute Gasteiger partial charge is 0.148 e. The maximum Gasteiger partial charge on any atom is 0.148 e. The van der Waals surface area contributed by atoms with Crippen LogP contribution in [0.15, 0.2) is 24.3 Å². The number of anilines is 1. The van der Waals surface area contributed by atoms with Crippen molar-refractivity contribution in [2.24, 2.45) is 0 Å². The van der Waals surface area contributed by atoms with Gasteiger partial charge in [0, 0.05) is 38.6 Å². The molecule has 0 aliphatic carbocycles. The van der Waals surface area contributed by atoms with Gasteiger partial charge in [-0.05, 0) is 37.1 Å². The van der Waals surface area contributed by atoms with Crippen molar-refractivity contribution >= 4 is 15.5 Å². The van der Waals surface area contributed by atoms with Gasteiger partial charge in [-0.25, -0.2) is 8.42 Å². The van der Waals surface area contributed by atoms with E-state index < -0.39 is 9.84 Å². The van der Waals surface area contributed by atoms with Gasteiger partial charge < -0.3 is 4.90 Å². The summed E-state index contributed by atoms with van der Waals surface area (Å²) in [4.78, 5) is 4.40. The average Bonchev–Trinajstić information content (AvgIpc) is 2.84. The zero-order valence-corrected chi connectivity index (χ0v) is 13.4. The molecule has 4 nitrogen and oxygen atoms in total. The van der Waals surface area contributed by atoms with E-state index >= 15 is 0 Å². The molecular formula is C15H24N2O2S. The molecule has 0 saturated carbocycles. The highest BCUT2D eigenvalue weighted by Gasteiger charge is 2.26. The number of nitrogens with zero attached hydrogens (tertiary/aromatic N) is 2. The molecule has 5 heteroatoms. The highest BCUT2D eigenvalue weighted by molar-refractivity contribution is 7.90. The lowest BCUT2D eigenvalue weighted by molar-refractivity contribution is 0.272. The standard InChI is InChI=1S/C15H24N2O2S/c1-16(2)14-7-4-6-13(12-14)15-8-5-9-17(15)10-11-20(3,18)19/h4,6-7,12,15H,5,8-11H2,1-3H3. The monoisotopic (exact) mass is 296 g/mol. The van der Waals surface area contributed by atoms with Crippen LogP contribution < -0.4 is 4.90 Å². The number of benzene rings is 1. The second kappa shape index (κ2) is 6.14. The van der Waals surface area contributed by atoms with Crippen molar-refractivity contribution < 1.29 is 8.42 Å². The van der Waals surface area contributed by atoms with Crippen LogP contribution in [0, 0.1) is 0 Å². The van der Waals surface area contributed by atoms with E-state index in [0.717, 1.165) is 19.4 Å². The first-order valence-electron chi connectivity index (χ1n) is 7.06. The Morgan fingerprint density at radius 3 is 2.75 bits per heavy atom. The summed E-state index contributed by atoms with van der Waals surface area (Å²) in [6.45, 7) is 1.63. The molecule has 20 heavy (non-hydrogen) atoms. The molecule has 1 aliphatic heterocycles. The number of sulfone groups is 1. The molecule has 112 valence electrons. The molecule has 0 spiro atoms. The fourth-order valence-electron chi connectivity index (χ4n) is 2.76. The highest BCUT2D eigenvalue weighted by Crippen LogP contribution is 2.33. The first-order valence-corrected chi connectivity index (χ1v) is 9.12. The van der Waals surface area contributed by atoms with Crippen molar-refractivity contribution in [1.29, 1.82) is 0 Å². The molecule has 0 radical (unpaired) electrons. The SMILES string of the molecule is CN(C)c1cccc(C2CCCN2CCS(C)(=O)=O)c1. The van der Waals surface area contributed by atoms with Crippen LogP contribution >= 0.6 is 0 Å². The van der Waals surface area contributed by atoms with E-state index in [1.165, 1.54) is 17.5 Å². The average molecular weight is 296 g/mol. The molecular weight excluding hydrogens is 272 g/mol.